The highest BCUT2D eigenvalue weighted by molar-refractivity contribution is 14.1. The SMILES string of the molecule is COC(C)(C)CC(C)n1nc(C)c(I)c1N. The molecule has 1 rings (SSSR count). The average Bonchev–Trinajstić information content (AvgIpc) is 2.45. The van der Waals surface area contributed by atoms with Gasteiger partial charge in [0.15, 0.2) is 0 Å². The maximum Gasteiger partial charge on any atom is 0.135 e. The third kappa shape index (κ3) is 2.88. The summed E-state index contributed by atoms with van der Waals surface area (Å²) < 4.78 is 8.35. The average molecular weight is 337 g/mol. The van der Waals surface area contributed by atoms with Crippen molar-refractivity contribution in [3.8, 4) is 0 Å². The summed E-state index contributed by atoms with van der Waals surface area (Å²) in [5, 5.41) is 4.46. The summed E-state index contributed by atoms with van der Waals surface area (Å²) in [6.07, 6.45) is 0.880. The van der Waals surface area contributed by atoms with Gasteiger partial charge in [-0.15, -0.1) is 0 Å². The van der Waals surface area contributed by atoms with E-state index in [1.54, 1.807) is 7.11 Å². The van der Waals surface area contributed by atoms with E-state index >= 15 is 0 Å². The van der Waals surface area contributed by atoms with Gasteiger partial charge in [0, 0.05) is 7.11 Å². The number of anilines is 1. The van der Waals surface area contributed by atoms with Crippen LogP contribution < -0.4 is 5.73 Å². The second-order valence-corrected chi connectivity index (χ2v) is 5.82. The summed E-state index contributed by atoms with van der Waals surface area (Å²) in [6.45, 7) is 8.23. The topological polar surface area (TPSA) is 53.1 Å². The van der Waals surface area contributed by atoms with Crippen molar-refractivity contribution in [1.29, 1.82) is 0 Å². The number of aryl methyl sites for hydroxylation is 1. The first-order valence-corrected chi connectivity index (χ1v) is 6.41. The third-order valence-corrected chi connectivity index (χ3v) is 4.14. The van der Waals surface area contributed by atoms with Crippen LogP contribution in [-0.4, -0.2) is 22.5 Å². The Morgan fingerprint density at radius 2 is 2.12 bits per heavy atom. The fourth-order valence-electron chi connectivity index (χ4n) is 1.76. The maximum atomic E-state index is 6.02. The zero-order chi connectivity index (χ0) is 12.5. The molecule has 4 nitrogen and oxygen atoms in total. The van der Waals surface area contributed by atoms with Gasteiger partial charge in [-0.2, -0.15) is 5.10 Å². The van der Waals surface area contributed by atoms with E-state index in [2.05, 4.69) is 48.5 Å². The van der Waals surface area contributed by atoms with Crippen LogP contribution in [-0.2, 0) is 4.74 Å². The molecule has 0 bridgehead atoms. The van der Waals surface area contributed by atoms with Crippen molar-refractivity contribution in [2.75, 3.05) is 12.8 Å². The van der Waals surface area contributed by atoms with E-state index in [1.165, 1.54) is 0 Å². The van der Waals surface area contributed by atoms with Gasteiger partial charge < -0.3 is 10.5 Å². The van der Waals surface area contributed by atoms with Crippen molar-refractivity contribution in [3.63, 3.8) is 0 Å². The summed E-state index contributed by atoms with van der Waals surface area (Å²) in [4.78, 5) is 0. The molecule has 5 heteroatoms. The Balaban J connectivity index is 2.89. The molecular formula is C11H20IN3O. The quantitative estimate of drug-likeness (QED) is 0.860. The monoisotopic (exact) mass is 337 g/mol. The normalized spacial score (nSPS) is 14.1. The smallest absolute Gasteiger partial charge is 0.135 e. The van der Waals surface area contributed by atoms with Crippen LogP contribution in [0.5, 0.6) is 0 Å². The van der Waals surface area contributed by atoms with Gasteiger partial charge in [-0.25, -0.2) is 4.68 Å². The first-order valence-electron chi connectivity index (χ1n) is 5.33. The van der Waals surface area contributed by atoms with Gasteiger partial charge in [-0.05, 0) is 56.7 Å². The lowest BCUT2D eigenvalue weighted by Crippen LogP contribution is -2.27. The Labute approximate surface area is 111 Å². The van der Waals surface area contributed by atoms with Gasteiger partial charge in [0.05, 0.1) is 20.9 Å². The molecule has 1 heterocycles. The number of nitrogens with zero attached hydrogens (tertiary/aromatic N) is 2. The van der Waals surface area contributed by atoms with Gasteiger partial charge in [-0.3, -0.25) is 0 Å². The number of hydrogen-bond donors (Lipinski definition) is 1. The Hall–Kier alpha value is -0.300. The summed E-state index contributed by atoms with van der Waals surface area (Å²) in [5.41, 5.74) is 6.85. The lowest BCUT2D eigenvalue weighted by atomic mass is 10.00. The molecule has 0 aliphatic heterocycles. The largest absolute Gasteiger partial charge is 0.383 e. The minimum atomic E-state index is -0.156. The maximum absolute atomic E-state index is 6.02. The molecule has 1 aromatic heterocycles. The van der Waals surface area contributed by atoms with Gasteiger partial charge in [-0.1, -0.05) is 0 Å². The minimum absolute atomic E-state index is 0.156. The fraction of sp³-hybridized carbons (Fsp3) is 0.727. The molecule has 0 spiro atoms. The molecule has 1 atom stereocenters. The third-order valence-electron chi connectivity index (χ3n) is 2.80. The van der Waals surface area contributed by atoms with Crippen LogP contribution in [0.2, 0.25) is 0 Å². The van der Waals surface area contributed by atoms with Crippen molar-refractivity contribution in [1.82, 2.24) is 9.78 Å². The molecule has 0 aliphatic rings. The second kappa shape index (κ2) is 4.91. The van der Waals surface area contributed by atoms with Crippen LogP contribution in [0.25, 0.3) is 0 Å². The van der Waals surface area contributed by atoms with E-state index in [9.17, 15) is 0 Å². The van der Waals surface area contributed by atoms with E-state index in [0.29, 0.717) is 0 Å². The van der Waals surface area contributed by atoms with Crippen LogP contribution in [0.4, 0.5) is 5.82 Å². The molecule has 0 aromatic carbocycles. The highest BCUT2D eigenvalue weighted by Gasteiger charge is 2.23. The number of rotatable bonds is 4. The van der Waals surface area contributed by atoms with Crippen LogP contribution in [0.1, 0.15) is 38.9 Å². The van der Waals surface area contributed by atoms with Crippen molar-refractivity contribution < 1.29 is 4.74 Å². The molecule has 0 saturated heterocycles. The van der Waals surface area contributed by atoms with E-state index in [0.717, 1.165) is 21.5 Å². The number of ether oxygens (including phenoxy) is 1. The van der Waals surface area contributed by atoms with Gasteiger partial charge in [0.25, 0.3) is 0 Å². The first-order chi connectivity index (χ1) is 7.28. The fourth-order valence-corrected chi connectivity index (χ4v) is 2.12. The van der Waals surface area contributed by atoms with Crippen LogP contribution in [0.3, 0.4) is 0 Å². The van der Waals surface area contributed by atoms with Crippen LogP contribution in [0.15, 0.2) is 0 Å². The van der Waals surface area contributed by atoms with E-state index < -0.39 is 0 Å². The van der Waals surface area contributed by atoms with Crippen molar-refractivity contribution in [2.45, 2.75) is 45.8 Å². The van der Waals surface area contributed by atoms with Gasteiger partial charge >= 0.3 is 0 Å². The standard InChI is InChI=1S/C11H20IN3O/c1-7(6-11(3,4)16-5)15-10(13)9(12)8(2)14-15/h7H,6,13H2,1-5H3. The predicted molar refractivity (Wildman–Crippen MR) is 74.5 cm³/mol. The Bertz CT molecular complexity index is 374. The van der Waals surface area contributed by atoms with Gasteiger partial charge in [0.2, 0.25) is 0 Å². The molecule has 16 heavy (non-hydrogen) atoms. The van der Waals surface area contributed by atoms with E-state index in [4.69, 9.17) is 10.5 Å². The summed E-state index contributed by atoms with van der Waals surface area (Å²) in [7, 11) is 1.73. The van der Waals surface area contributed by atoms with Crippen LogP contribution >= 0.6 is 22.6 Å². The number of nitrogens with two attached hydrogens (primary N) is 1. The molecule has 2 N–H and O–H groups in total. The molecule has 0 radical (unpaired) electrons. The molecule has 92 valence electrons. The molecule has 0 fully saturated rings. The van der Waals surface area contributed by atoms with Crippen LogP contribution in [0, 0.1) is 10.5 Å². The Morgan fingerprint density at radius 3 is 2.50 bits per heavy atom. The highest BCUT2D eigenvalue weighted by atomic mass is 127. The summed E-state index contributed by atoms with van der Waals surface area (Å²) in [6, 6.07) is 0.233. The number of nitrogen functional groups attached to an aromatic ring is 1. The number of methoxy groups -OCH3 is 1. The summed E-state index contributed by atoms with van der Waals surface area (Å²) >= 11 is 2.23. The second-order valence-electron chi connectivity index (χ2n) is 4.75. The zero-order valence-electron chi connectivity index (χ0n) is 10.5. The molecule has 1 unspecified atom stereocenters. The molecule has 0 saturated carbocycles. The van der Waals surface area contributed by atoms with E-state index in [1.807, 2.05) is 11.6 Å². The number of aromatic nitrogens is 2. The van der Waals surface area contributed by atoms with Crippen molar-refractivity contribution in [2.24, 2.45) is 0 Å². The Kier molecular flexibility index (Phi) is 4.23. The number of halogens is 1. The van der Waals surface area contributed by atoms with Crippen molar-refractivity contribution >= 4 is 28.4 Å². The lowest BCUT2D eigenvalue weighted by molar-refractivity contribution is 0.00440. The minimum Gasteiger partial charge on any atom is -0.383 e. The number of hydrogen-bond acceptors (Lipinski definition) is 3. The lowest BCUT2D eigenvalue weighted by Gasteiger charge is -2.27. The predicted octanol–water partition coefficient (Wildman–Crippen LogP) is 2.75. The van der Waals surface area contributed by atoms with Gasteiger partial charge in [0.1, 0.15) is 5.82 Å². The molecule has 1 aromatic rings. The first kappa shape index (κ1) is 13.8. The van der Waals surface area contributed by atoms with E-state index in [-0.39, 0.29) is 11.6 Å². The highest BCUT2D eigenvalue weighted by Crippen LogP contribution is 2.27. The summed E-state index contributed by atoms with van der Waals surface area (Å²) in [5.74, 6) is 0.748. The molecular weight excluding hydrogens is 317 g/mol. The van der Waals surface area contributed by atoms with Crippen molar-refractivity contribution in [3.05, 3.63) is 9.26 Å². The Morgan fingerprint density at radius 1 is 1.56 bits per heavy atom. The molecule has 0 amide bonds. The zero-order valence-corrected chi connectivity index (χ0v) is 12.7. The molecule has 0 aliphatic carbocycles.